The molecule has 0 amide bonds. The smallest absolute Gasteiger partial charge is 0.139 e. The molecule has 0 atom stereocenters. The van der Waals surface area contributed by atoms with E-state index in [-0.39, 0.29) is 23.9 Å². The third-order valence-electron chi connectivity index (χ3n) is 3.11. The molecule has 2 heterocycles. The average molecular weight is 287 g/mol. The summed E-state index contributed by atoms with van der Waals surface area (Å²) in [5.41, 5.74) is 1.80. The molecule has 0 aliphatic carbocycles. The van der Waals surface area contributed by atoms with Gasteiger partial charge in [-0.2, -0.15) is 0 Å². The number of aliphatic hydroxyl groups is 1. The first-order chi connectivity index (χ1) is 9.58. The van der Waals surface area contributed by atoms with E-state index in [1.165, 1.54) is 11.3 Å². The maximum absolute atomic E-state index is 10.1. The fourth-order valence-electron chi connectivity index (χ4n) is 2.17. The summed E-state index contributed by atoms with van der Waals surface area (Å²) in [6.45, 7) is 2.04. The van der Waals surface area contributed by atoms with E-state index < -0.39 is 0 Å². The van der Waals surface area contributed by atoms with Gasteiger partial charge in [0.2, 0.25) is 0 Å². The Balaban J connectivity index is 1.99. The van der Waals surface area contributed by atoms with Crippen molar-refractivity contribution >= 4 is 28.4 Å². The number of aliphatic hydroxyl groups excluding tert-OH is 1. The van der Waals surface area contributed by atoms with Crippen molar-refractivity contribution < 1.29 is 10.2 Å². The van der Waals surface area contributed by atoms with Gasteiger partial charge in [-0.1, -0.05) is 12.1 Å². The van der Waals surface area contributed by atoms with Gasteiger partial charge in [-0.25, -0.2) is 4.98 Å². The summed E-state index contributed by atoms with van der Waals surface area (Å²) in [5.74, 6) is 0.340. The lowest BCUT2D eigenvalue weighted by Crippen LogP contribution is -2.26. The fourth-order valence-corrected chi connectivity index (χ4v) is 3.03. The number of nitrogens with zero attached hydrogens (tertiary/aromatic N) is 2. The highest BCUT2D eigenvalue weighted by molar-refractivity contribution is 7.11. The minimum absolute atomic E-state index is 0.0848. The summed E-state index contributed by atoms with van der Waals surface area (Å²) in [7, 11) is 0. The molecule has 0 unspecified atom stereocenters. The summed E-state index contributed by atoms with van der Waals surface area (Å²) in [6, 6.07) is 6.78. The summed E-state index contributed by atoms with van der Waals surface area (Å²) in [4.78, 5) is 5.88. The summed E-state index contributed by atoms with van der Waals surface area (Å²) in [5, 5.41) is 30.8. The number of para-hydroxylation sites is 2. The van der Waals surface area contributed by atoms with Gasteiger partial charge < -0.3 is 15.1 Å². The Bertz CT molecular complexity index is 721. The highest BCUT2D eigenvalue weighted by Crippen LogP contribution is 2.35. The molecule has 3 rings (SSSR count). The number of hydrogen-bond donors (Lipinski definition) is 3. The predicted molar refractivity (Wildman–Crippen MR) is 79.6 cm³/mol. The zero-order valence-corrected chi connectivity index (χ0v) is 11.6. The van der Waals surface area contributed by atoms with Crippen molar-refractivity contribution in [1.82, 2.24) is 4.98 Å². The van der Waals surface area contributed by atoms with Gasteiger partial charge in [0, 0.05) is 11.1 Å². The molecule has 0 fully saturated rings. The molecule has 1 aromatic heterocycles. The minimum atomic E-state index is 0.0848. The number of amidine groups is 1. The van der Waals surface area contributed by atoms with Crippen LogP contribution < -0.4 is 4.90 Å². The molecule has 3 N–H and O–H groups in total. The van der Waals surface area contributed by atoms with Gasteiger partial charge in [-0.05, 0) is 19.1 Å². The largest absolute Gasteiger partial charge is 0.510 e. The zero-order chi connectivity index (χ0) is 14.3. The maximum atomic E-state index is 10.1. The average Bonchev–Trinajstić information content (AvgIpc) is 2.94. The standard InChI is InChI=1S/C14H13N3O2S/c1-8-7-20-14(16-8)12-11(19)6-17(13(12)15)9-4-2-3-5-10(9)18/h2-5,7,15,18-19H,6H2,1H3. The SMILES string of the molecule is Cc1csc(C2=C(O)CN(c3ccccc3O)C2=N)n1. The topological polar surface area (TPSA) is 80.4 Å². The van der Waals surface area contributed by atoms with E-state index in [1.807, 2.05) is 12.3 Å². The normalized spacial score (nSPS) is 15.2. The quantitative estimate of drug-likeness (QED) is 0.793. The second-order valence-electron chi connectivity index (χ2n) is 4.54. The lowest BCUT2D eigenvalue weighted by molar-refractivity contribution is 0.411. The van der Waals surface area contributed by atoms with Crippen LogP contribution in [0.25, 0.3) is 5.57 Å². The van der Waals surface area contributed by atoms with Crippen LogP contribution in [-0.4, -0.2) is 27.6 Å². The number of aryl methyl sites for hydroxylation is 1. The van der Waals surface area contributed by atoms with Gasteiger partial charge in [0.1, 0.15) is 22.4 Å². The van der Waals surface area contributed by atoms with Crippen molar-refractivity contribution in [2.45, 2.75) is 6.92 Å². The Hall–Kier alpha value is -2.34. The number of phenolic OH excluding ortho intramolecular Hbond substituents is 1. The molecule has 1 aliphatic rings. The number of benzene rings is 1. The first-order valence-electron chi connectivity index (χ1n) is 6.07. The third kappa shape index (κ3) is 1.94. The van der Waals surface area contributed by atoms with Gasteiger partial charge in [-0.3, -0.25) is 5.41 Å². The Morgan fingerprint density at radius 2 is 2.05 bits per heavy atom. The molecule has 0 saturated heterocycles. The number of aromatic nitrogens is 1. The number of nitrogens with one attached hydrogen (secondary N) is 1. The molecular weight excluding hydrogens is 274 g/mol. The molecule has 0 spiro atoms. The highest BCUT2D eigenvalue weighted by Gasteiger charge is 2.32. The van der Waals surface area contributed by atoms with Gasteiger partial charge in [0.25, 0.3) is 0 Å². The van der Waals surface area contributed by atoms with E-state index in [1.54, 1.807) is 29.2 Å². The van der Waals surface area contributed by atoms with Gasteiger partial charge >= 0.3 is 0 Å². The molecule has 1 aliphatic heterocycles. The van der Waals surface area contributed by atoms with Crippen LogP contribution in [-0.2, 0) is 0 Å². The van der Waals surface area contributed by atoms with Crippen molar-refractivity contribution in [2.75, 3.05) is 11.4 Å². The van der Waals surface area contributed by atoms with Crippen LogP contribution in [0.5, 0.6) is 5.75 Å². The minimum Gasteiger partial charge on any atom is -0.510 e. The fraction of sp³-hybridized carbons (Fsp3) is 0.143. The second kappa shape index (κ2) is 4.64. The Morgan fingerprint density at radius 3 is 2.70 bits per heavy atom. The zero-order valence-electron chi connectivity index (χ0n) is 10.8. The van der Waals surface area contributed by atoms with Gasteiger partial charge in [-0.15, -0.1) is 11.3 Å². The molecule has 6 heteroatoms. The van der Waals surface area contributed by atoms with Crippen LogP contribution in [0, 0.1) is 12.3 Å². The van der Waals surface area contributed by atoms with Crippen LogP contribution in [0.3, 0.4) is 0 Å². The van der Waals surface area contributed by atoms with E-state index in [0.29, 0.717) is 16.3 Å². The van der Waals surface area contributed by atoms with Crippen LogP contribution in [0.4, 0.5) is 5.69 Å². The highest BCUT2D eigenvalue weighted by atomic mass is 32.1. The van der Waals surface area contributed by atoms with Crippen molar-refractivity contribution in [3.63, 3.8) is 0 Å². The third-order valence-corrected chi connectivity index (χ3v) is 4.09. The van der Waals surface area contributed by atoms with Crippen molar-refractivity contribution in [3.05, 3.63) is 46.1 Å². The van der Waals surface area contributed by atoms with Crippen LogP contribution in [0.1, 0.15) is 10.7 Å². The van der Waals surface area contributed by atoms with E-state index in [0.717, 1.165) is 5.69 Å². The molecular formula is C14H13N3O2S. The molecule has 20 heavy (non-hydrogen) atoms. The Labute approximate surface area is 120 Å². The molecule has 0 bridgehead atoms. The molecule has 1 aromatic carbocycles. The molecule has 5 nitrogen and oxygen atoms in total. The van der Waals surface area contributed by atoms with Crippen molar-refractivity contribution in [1.29, 1.82) is 5.41 Å². The molecule has 0 saturated carbocycles. The number of hydrogen-bond acceptors (Lipinski definition) is 5. The van der Waals surface area contributed by atoms with E-state index in [4.69, 9.17) is 5.41 Å². The van der Waals surface area contributed by atoms with E-state index in [2.05, 4.69) is 4.98 Å². The van der Waals surface area contributed by atoms with Crippen LogP contribution in [0.2, 0.25) is 0 Å². The molecule has 0 radical (unpaired) electrons. The van der Waals surface area contributed by atoms with Crippen LogP contribution in [0.15, 0.2) is 35.4 Å². The van der Waals surface area contributed by atoms with Crippen molar-refractivity contribution in [2.24, 2.45) is 0 Å². The second-order valence-corrected chi connectivity index (χ2v) is 5.40. The number of anilines is 1. The maximum Gasteiger partial charge on any atom is 0.139 e. The number of rotatable bonds is 2. The van der Waals surface area contributed by atoms with E-state index >= 15 is 0 Å². The predicted octanol–water partition coefficient (Wildman–Crippen LogP) is 2.92. The Kier molecular flexibility index (Phi) is 2.94. The first-order valence-corrected chi connectivity index (χ1v) is 6.95. The molecule has 2 aromatic rings. The lowest BCUT2D eigenvalue weighted by Gasteiger charge is -2.19. The summed E-state index contributed by atoms with van der Waals surface area (Å²) >= 11 is 1.40. The Morgan fingerprint density at radius 1 is 1.30 bits per heavy atom. The number of phenols is 1. The lowest BCUT2D eigenvalue weighted by atomic mass is 10.2. The number of thiazole rings is 1. The van der Waals surface area contributed by atoms with Gasteiger partial charge in [0.05, 0.1) is 17.8 Å². The molecule has 102 valence electrons. The van der Waals surface area contributed by atoms with Crippen LogP contribution >= 0.6 is 11.3 Å². The van der Waals surface area contributed by atoms with Gasteiger partial charge in [0.15, 0.2) is 0 Å². The number of aromatic hydroxyl groups is 1. The first kappa shape index (κ1) is 12.7. The summed E-state index contributed by atoms with van der Waals surface area (Å²) in [6.07, 6.45) is 0. The van der Waals surface area contributed by atoms with Crippen molar-refractivity contribution in [3.8, 4) is 5.75 Å². The monoisotopic (exact) mass is 287 g/mol. The van der Waals surface area contributed by atoms with E-state index in [9.17, 15) is 10.2 Å². The summed E-state index contributed by atoms with van der Waals surface area (Å²) < 4.78 is 0.